The van der Waals surface area contributed by atoms with Gasteiger partial charge in [0.05, 0.1) is 0 Å². The molecule has 0 bridgehead atoms. The first-order valence-electron chi connectivity index (χ1n) is 5.33. The van der Waals surface area contributed by atoms with Gasteiger partial charge in [-0.05, 0) is 37.7 Å². The third-order valence-corrected chi connectivity index (χ3v) is 3.00. The van der Waals surface area contributed by atoms with E-state index in [1.165, 1.54) is 24.8 Å². The number of hydrogen-bond acceptors (Lipinski definition) is 1. The third-order valence-electron chi connectivity index (χ3n) is 3.00. The zero-order chi connectivity index (χ0) is 9.26. The normalized spacial score (nSPS) is 22.5. The highest BCUT2D eigenvalue weighted by atomic mass is 16.2. The predicted molar refractivity (Wildman–Crippen MR) is 52.4 cm³/mol. The van der Waals surface area contributed by atoms with Gasteiger partial charge >= 0.3 is 0 Å². The monoisotopic (exact) mass is 179 g/mol. The summed E-state index contributed by atoms with van der Waals surface area (Å²) in [5.74, 6) is 0.330. The number of carbonyl (C=O) groups excluding carboxylic acids is 1. The van der Waals surface area contributed by atoms with Crippen LogP contribution in [0.25, 0.3) is 0 Å². The molecule has 0 aromatic rings. The zero-order valence-corrected chi connectivity index (χ0v) is 8.31. The average molecular weight is 179 g/mol. The lowest BCUT2D eigenvalue weighted by Gasteiger charge is -2.14. The quantitative estimate of drug-likeness (QED) is 0.635. The number of hydrogen-bond donors (Lipinski definition) is 0. The first-order valence-corrected chi connectivity index (χ1v) is 5.33. The third kappa shape index (κ3) is 1.50. The fraction of sp³-hybridized carbons (Fsp3) is 0.727. The molecule has 0 fully saturated rings. The molecule has 13 heavy (non-hydrogen) atoms. The van der Waals surface area contributed by atoms with Crippen LogP contribution in [0.4, 0.5) is 0 Å². The van der Waals surface area contributed by atoms with Gasteiger partial charge in [0.25, 0.3) is 0 Å². The molecule has 0 saturated carbocycles. The van der Waals surface area contributed by atoms with Crippen LogP contribution in [0, 0.1) is 0 Å². The average Bonchev–Trinajstić information content (AvgIpc) is 2.46. The molecule has 0 radical (unpaired) electrons. The van der Waals surface area contributed by atoms with E-state index in [4.69, 9.17) is 0 Å². The van der Waals surface area contributed by atoms with Crippen LogP contribution >= 0.6 is 0 Å². The topological polar surface area (TPSA) is 20.3 Å². The van der Waals surface area contributed by atoms with Crippen LogP contribution in [0.1, 0.15) is 39.0 Å². The summed E-state index contributed by atoms with van der Waals surface area (Å²) < 4.78 is 0. The smallest absolute Gasteiger partial charge is 0.250 e. The van der Waals surface area contributed by atoms with Gasteiger partial charge in [-0.3, -0.25) is 4.79 Å². The number of amides is 1. The highest BCUT2D eigenvalue weighted by Gasteiger charge is 2.30. The Bertz CT molecular complexity index is 255. The van der Waals surface area contributed by atoms with Gasteiger partial charge in [0.1, 0.15) is 0 Å². The first kappa shape index (κ1) is 8.79. The van der Waals surface area contributed by atoms with E-state index >= 15 is 0 Å². The summed E-state index contributed by atoms with van der Waals surface area (Å²) in [5, 5.41) is 0. The van der Waals surface area contributed by atoms with Gasteiger partial charge in [-0.1, -0.05) is 6.92 Å². The molecule has 1 heterocycles. The van der Waals surface area contributed by atoms with E-state index in [1.807, 2.05) is 4.90 Å². The van der Waals surface area contributed by atoms with Crippen molar-refractivity contribution in [3.8, 4) is 0 Å². The van der Waals surface area contributed by atoms with Crippen molar-refractivity contribution in [2.45, 2.75) is 39.0 Å². The van der Waals surface area contributed by atoms with Crippen molar-refractivity contribution in [3.63, 3.8) is 0 Å². The second-order valence-electron chi connectivity index (χ2n) is 4.02. The molecule has 1 aliphatic heterocycles. The van der Waals surface area contributed by atoms with Crippen molar-refractivity contribution in [2.75, 3.05) is 13.1 Å². The molecule has 0 spiro atoms. The Hall–Kier alpha value is -0.790. The van der Waals surface area contributed by atoms with Crippen molar-refractivity contribution in [1.29, 1.82) is 0 Å². The highest BCUT2D eigenvalue weighted by molar-refractivity contribution is 5.97. The van der Waals surface area contributed by atoms with Crippen molar-refractivity contribution in [1.82, 2.24) is 4.90 Å². The molecule has 2 aliphatic rings. The SMILES string of the molecule is CCCN1CC2=C(CCCC2)C1=O. The second kappa shape index (κ2) is 3.52. The molecule has 0 N–H and O–H groups in total. The molecule has 1 aliphatic carbocycles. The zero-order valence-electron chi connectivity index (χ0n) is 8.31. The summed E-state index contributed by atoms with van der Waals surface area (Å²) in [4.78, 5) is 13.8. The van der Waals surface area contributed by atoms with Crippen LogP contribution in [-0.4, -0.2) is 23.9 Å². The first-order chi connectivity index (χ1) is 6.33. The molecule has 0 atom stereocenters. The van der Waals surface area contributed by atoms with Gasteiger partial charge in [-0.15, -0.1) is 0 Å². The summed E-state index contributed by atoms with van der Waals surface area (Å²) in [6.45, 7) is 4.00. The van der Waals surface area contributed by atoms with Gasteiger partial charge in [0, 0.05) is 18.7 Å². The Morgan fingerprint density at radius 3 is 2.77 bits per heavy atom. The van der Waals surface area contributed by atoms with Gasteiger partial charge in [-0.25, -0.2) is 0 Å². The minimum Gasteiger partial charge on any atom is -0.335 e. The van der Waals surface area contributed by atoms with Gasteiger partial charge in [0.2, 0.25) is 5.91 Å². The molecule has 2 nitrogen and oxygen atoms in total. The maximum atomic E-state index is 11.8. The van der Waals surface area contributed by atoms with Crippen LogP contribution in [0.3, 0.4) is 0 Å². The van der Waals surface area contributed by atoms with Crippen molar-refractivity contribution in [3.05, 3.63) is 11.1 Å². The molecular formula is C11H17NO. The summed E-state index contributed by atoms with van der Waals surface area (Å²) in [7, 11) is 0. The summed E-state index contributed by atoms with van der Waals surface area (Å²) in [6.07, 6.45) is 5.78. The second-order valence-corrected chi connectivity index (χ2v) is 4.02. The van der Waals surface area contributed by atoms with Crippen LogP contribution in [0.5, 0.6) is 0 Å². The fourth-order valence-corrected chi connectivity index (χ4v) is 2.34. The van der Waals surface area contributed by atoms with E-state index in [1.54, 1.807) is 0 Å². The van der Waals surface area contributed by atoms with Gasteiger partial charge < -0.3 is 4.90 Å². The van der Waals surface area contributed by atoms with Gasteiger partial charge in [-0.2, -0.15) is 0 Å². The van der Waals surface area contributed by atoms with E-state index in [2.05, 4.69) is 6.92 Å². The fourth-order valence-electron chi connectivity index (χ4n) is 2.34. The molecule has 72 valence electrons. The lowest BCUT2D eigenvalue weighted by atomic mass is 9.94. The van der Waals surface area contributed by atoms with Crippen LogP contribution in [0.2, 0.25) is 0 Å². The van der Waals surface area contributed by atoms with E-state index in [-0.39, 0.29) is 0 Å². The van der Waals surface area contributed by atoms with E-state index in [9.17, 15) is 4.79 Å². The maximum absolute atomic E-state index is 11.8. The predicted octanol–water partition coefficient (Wildman–Crippen LogP) is 2.11. The van der Waals surface area contributed by atoms with Crippen molar-refractivity contribution in [2.24, 2.45) is 0 Å². The number of rotatable bonds is 2. The minimum atomic E-state index is 0.330. The largest absolute Gasteiger partial charge is 0.335 e. The van der Waals surface area contributed by atoms with Crippen molar-refractivity contribution >= 4 is 5.91 Å². The lowest BCUT2D eigenvalue weighted by molar-refractivity contribution is -0.125. The maximum Gasteiger partial charge on any atom is 0.250 e. The Labute approximate surface area is 79.6 Å². The summed E-state index contributed by atoms with van der Waals surface area (Å²) in [5.41, 5.74) is 2.59. The standard InChI is InChI=1S/C11H17NO/c1-2-7-12-8-9-5-3-4-6-10(9)11(12)13/h2-8H2,1H3. The molecule has 2 rings (SSSR count). The lowest BCUT2D eigenvalue weighted by Crippen LogP contribution is -2.27. The van der Waals surface area contributed by atoms with Gasteiger partial charge in [0.15, 0.2) is 0 Å². The van der Waals surface area contributed by atoms with Crippen LogP contribution in [-0.2, 0) is 4.79 Å². The molecule has 1 amide bonds. The molecular weight excluding hydrogens is 162 g/mol. The Balaban J connectivity index is 2.10. The number of nitrogens with zero attached hydrogens (tertiary/aromatic N) is 1. The molecule has 2 heteroatoms. The molecule has 0 aromatic carbocycles. The Morgan fingerprint density at radius 1 is 1.31 bits per heavy atom. The molecule has 0 unspecified atom stereocenters. The number of carbonyl (C=O) groups is 1. The van der Waals surface area contributed by atoms with E-state index in [0.717, 1.165) is 31.5 Å². The molecule has 0 aromatic heterocycles. The Kier molecular flexibility index (Phi) is 2.38. The minimum absolute atomic E-state index is 0.330. The van der Waals surface area contributed by atoms with E-state index < -0.39 is 0 Å². The van der Waals surface area contributed by atoms with Crippen molar-refractivity contribution < 1.29 is 4.79 Å². The molecule has 0 saturated heterocycles. The highest BCUT2D eigenvalue weighted by Crippen LogP contribution is 2.31. The summed E-state index contributed by atoms with van der Waals surface area (Å²) >= 11 is 0. The van der Waals surface area contributed by atoms with Crippen LogP contribution in [0.15, 0.2) is 11.1 Å². The Morgan fingerprint density at radius 2 is 2.08 bits per heavy atom. The van der Waals surface area contributed by atoms with E-state index in [0.29, 0.717) is 5.91 Å². The summed E-state index contributed by atoms with van der Waals surface area (Å²) in [6, 6.07) is 0. The van der Waals surface area contributed by atoms with Crippen LogP contribution < -0.4 is 0 Å².